The van der Waals surface area contributed by atoms with E-state index in [1.165, 1.54) is 24.3 Å². The number of rotatable bonds is 7. The van der Waals surface area contributed by atoms with Crippen LogP contribution in [0.5, 0.6) is 5.75 Å². The zero-order valence-electron chi connectivity index (χ0n) is 12.3. The van der Waals surface area contributed by atoms with Crippen molar-refractivity contribution in [3.05, 3.63) is 65.5 Å². The van der Waals surface area contributed by atoms with Crippen LogP contribution in [0.4, 0.5) is 4.39 Å². The summed E-state index contributed by atoms with van der Waals surface area (Å²) in [4.78, 5) is 0. The van der Waals surface area contributed by atoms with Gasteiger partial charge in [-0.2, -0.15) is 0 Å². The van der Waals surface area contributed by atoms with Crippen LogP contribution in [0.1, 0.15) is 11.1 Å². The lowest BCUT2D eigenvalue weighted by Gasteiger charge is -2.09. The van der Waals surface area contributed by atoms with Crippen LogP contribution in [0.3, 0.4) is 0 Å². The van der Waals surface area contributed by atoms with Gasteiger partial charge >= 0.3 is 0 Å². The molecule has 0 saturated heterocycles. The van der Waals surface area contributed by atoms with Crippen molar-refractivity contribution in [2.45, 2.75) is 12.7 Å². The fourth-order valence-corrected chi connectivity index (χ4v) is 2.98. The predicted octanol–water partition coefficient (Wildman–Crippen LogP) is 2.63. The Balaban J connectivity index is 1.77. The fraction of sp³-hybridized carbons (Fsp3) is 0.250. The van der Waals surface area contributed by atoms with Gasteiger partial charge in [-0.05, 0) is 36.8 Å². The van der Waals surface area contributed by atoms with E-state index >= 15 is 0 Å². The quantitative estimate of drug-likeness (QED) is 0.797. The van der Waals surface area contributed by atoms with E-state index in [2.05, 4.69) is 4.72 Å². The third kappa shape index (κ3) is 5.46. The zero-order chi connectivity index (χ0) is 16.0. The van der Waals surface area contributed by atoms with E-state index in [1.807, 2.05) is 19.1 Å². The minimum atomic E-state index is -3.40. The molecule has 1 N–H and O–H groups in total. The Kier molecular flexibility index (Phi) is 5.51. The van der Waals surface area contributed by atoms with E-state index in [0.29, 0.717) is 5.75 Å². The van der Waals surface area contributed by atoms with Gasteiger partial charge in [0.1, 0.15) is 18.2 Å². The molecule has 0 saturated carbocycles. The minimum absolute atomic E-state index is 0.0656. The Hall–Kier alpha value is -1.92. The van der Waals surface area contributed by atoms with Gasteiger partial charge < -0.3 is 4.74 Å². The van der Waals surface area contributed by atoms with Gasteiger partial charge in [-0.1, -0.05) is 29.8 Å². The standard InChI is InChI=1S/C16H18FNO3S/c1-13-2-4-14(5-3-13)12-22(19,20)18-10-11-21-16-8-6-15(17)7-9-16/h2-9,18H,10-12H2,1H3. The van der Waals surface area contributed by atoms with Crippen LogP contribution in [0, 0.1) is 12.7 Å². The number of hydrogen-bond donors (Lipinski definition) is 1. The lowest BCUT2D eigenvalue weighted by Crippen LogP contribution is -2.29. The van der Waals surface area contributed by atoms with Crippen LogP contribution >= 0.6 is 0 Å². The van der Waals surface area contributed by atoms with Crippen LogP contribution < -0.4 is 9.46 Å². The molecule has 2 aromatic rings. The number of halogens is 1. The largest absolute Gasteiger partial charge is 0.492 e. The molecule has 0 aliphatic carbocycles. The van der Waals surface area contributed by atoms with E-state index < -0.39 is 10.0 Å². The van der Waals surface area contributed by atoms with Gasteiger partial charge in [-0.25, -0.2) is 17.5 Å². The first-order valence-corrected chi connectivity index (χ1v) is 8.51. The summed E-state index contributed by atoms with van der Waals surface area (Å²) in [7, 11) is -3.40. The first-order valence-electron chi connectivity index (χ1n) is 6.86. The molecule has 22 heavy (non-hydrogen) atoms. The Labute approximate surface area is 130 Å². The zero-order valence-corrected chi connectivity index (χ0v) is 13.1. The SMILES string of the molecule is Cc1ccc(CS(=O)(=O)NCCOc2ccc(F)cc2)cc1. The average molecular weight is 323 g/mol. The van der Waals surface area contributed by atoms with Crippen molar-refractivity contribution in [1.29, 1.82) is 0 Å². The first-order chi connectivity index (χ1) is 10.4. The van der Waals surface area contributed by atoms with Crippen LogP contribution in [-0.4, -0.2) is 21.6 Å². The highest BCUT2D eigenvalue weighted by Gasteiger charge is 2.10. The smallest absolute Gasteiger partial charge is 0.215 e. The molecule has 0 fully saturated rings. The molecule has 0 aromatic heterocycles. The maximum absolute atomic E-state index is 12.7. The maximum Gasteiger partial charge on any atom is 0.215 e. The van der Waals surface area contributed by atoms with E-state index in [0.717, 1.165) is 11.1 Å². The summed E-state index contributed by atoms with van der Waals surface area (Å²) in [5.41, 5.74) is 1.82. The molecule has 0 aliphatic heterocycles. The molecule has 118 valence electrons. The third-order valence-corrected chi connectivity index (χ3v) is 4.34. The van der Waals surface area contributed by atoms with Gasteiger partial charge in [0.05, 0.1) is 5.75 Å². The van der Waals surface area contributed by atoms with Crippen LogP contribution in [-0.2, 0) is 15.8 Å². The summed E-state index contributed by atoms with van der Waals surface area (Å²) in [5.74, 6) is 0.0920. The van der Waals surface area contributed by atoms with Crippen LogP contribution in [0.15, 0.2) is 48.5 Å². The highest BCUT2D eigenvalue weighted by molar-refractivity contribution is 7.88. The summed E-state index contributed by atoms with van der Waals surface area (Å²) in [6.45, 7) is 2.29. The fourth-order valence-electron chi connectivity index (χ4n) is 1.85. The topological polar surface area (TPSA) is 55.4 Å². The number of benzene rings is 2. The average Bonchev–Trinajstić information content (AvgIpc) is 2.48. The van der Waals surface area contributed by atoms with Crippen molar-refractivity contribution in [3.63, 3.8) is 0 Å². The summed E-state index contributed by atoms with van der Waals surface area (Å²) >= 11 is 0. The molecule has 2 aromatic carbocycles. The monoisotopic (exact) mass is 323 g/mol. The summed E-state index contributed by atoms with van der Waals surface area (Å²) in [5, 5.41) is 0. The molecule has 4 nitrogen and oxygen atoms in total. The Morgan fingerprint density at radius 1 is 1.05 bits per heavy atom. The van der Waals surface area contributed by atoms with Crippen molar-refractivity contribution in [2.24, 2.45) is 0 Å². The van der Waals surface area contributed by atoms with Crippen molar-refractivity contribution < 1.29 is 17.5 Å². The number of hydrogen-bond acceptors (Lipinski definition) is 3. The molecule has 0 unspecified atom stereocenters. The van der Waals surface area contributed by atoms with Crippen LogP contribution in [0.25, 0.3) is 0 Å². The molecule has 0 radical (unpaired) electrons. The third-order valence-electron chi connectivity index (χ3n) is 2.98. The molecule has 0 amide bonds. The van der Waals surface area contributed by atoms with Gasteiger partial charge in [0.25, 0.3) is 0 Å². The lowest BCUT2D eigenvalue weighted by molar-refractivity contribution is 0.322. The van der Waals surface area contributed by atoms with Crippen molar-refractivity contribution >= 4 is 10.0 Å². The van der Waals surface area contributed by atoms with Gasteiger partial charge in [0.2, 0.25) is 10.0 Å². The van der Waals surface area contributed by atoms with Gasteiger partial charge in [-0.15, -0.1) is 0 Å². The number of sulfonamides is 1. The van der Waals surface area contributed by atoms with Crippen LogP contribution in [0.2, 0.25) is 0 Å². The Bertz CT molecular complexity index is 697. The highest BCUT2D eigenvalue weighted by Crippen LogP contribution is 2.10. The highest BCUT2D eigenvalue weighted by atomic mass is 32.2. The molecular formula is C16H18FNO3S. The molecule has 0 atom stereocenters. The Morgan fingerprint density at radius 2 is 1.68 bits per heavy atom. The normalized spacial score (nSPS) is 11.4. The Morgan fingerprint density at radius 3 is 2.32 bits per heavy atom. The van der Waals surface area contributed by atoms with Crippen molar-refractivity contribution in [1.82, 2.24) is 4.72 Å². The number of ether oxygens (including phenoxy) is 1. The van der Waals surface area contributed by atoms with E-state index in [9.17, 15) is 12.8 Å². The van der Waals surface area contributed by atoms with Crippen molar-refractivity contribution in [2.75, 3.05) is 13.2 Å². The van der Waals surface area contributed by atoms with Crippen molar-refractivity contribution in [3.8, 4) is 5.75 Å². The lowest BCUT2D eigenvalue weighted by atomic mass is 10.2. The van der Waals surface area contributed by atoms with Gasteiger partial charge in [-0.3, -0.25) is 0 Å². The molecule has 6 heteroatoms. The second-order valence-electron chi connectivity index (χ2n) is 4.94. The maximum atomic E-state index is 12.7. The molecule has 0 bridgehead atoms. The van der Waals surface area contributed by atoms with E-state index in [4.69, 9.17) is 4.74 Å². The second kappa shape index (κ2) is 7.38. The van der Waals surface area contributed by atoms with E-state index in [-0.39, 0.29) is 24.7 Å². The minimum Gasteiger partial charge on any atom is -0.492 e. The molecule has 0 aliphatic rings. The first kappa shape index (κ1) is 16.5. The molecule has 2 rings (SSSR count). The van der Waals surface area contributed by atoms with E-state index in [1.54, 1.807) is 12.1 Å². The number of aryl methyl sites for hydroxylation is 1. The molecule has 0 spiro atoms. The molecular weight excluding hydrogens is 305 g/mol. The molecule has 0 heterocycles. The van der Waals surface area contributed by atoms with Gasteiger partial charge in [0.15, 0.2) is 0 Å². The second-order valence-corrected chi connectivity index (χ2v) is 6.75. The summed E-state index contributed by atoms with van der Waals surface area (Å²) < 4.78 is 44.4. The summed E-state index contributed by atoms with van der Waals surface area (Å²) in [6.07, 6.45) is 0. The number of nitrogens with one attached hydrogen (secondary N) is 1. The predicted molar refractivity (Wildman–Crippen MR) is 83.7 cm³/mol. The summed E-state index contributed by atoms with van der Waals surface area (Å²) in [6, 6.07) is 12.9. The van der Waals surface area contributed by atoms with Gasteiger partial charge in [0, 0.05) is 6.54 Å².